The number of hydrogen-bond acceptors (Lipinski definition) is 7. The van der Waals surface area contributed by atoms with Crippen LogP contribution in [0.1, 0.15) is 17.0 Å². The minimum atomic E-state index is -0.102. The number of carbonyl (C=O) groups excluding carboxylic acids is 1. The van der Waals surface area contributed by atoms with Crippen molar-refractivity contribution < 1.29 is 4.79 Å². The molecule has 1 N–H and O–H groups in total. The van der Waals surface area contributed by atoms with Crippen molar-refractivity contribution in [1.82, 2.24) is 24.6 Å². The van der Waals surface area contributed by atoms with E-state index in [9.17, 15) is 4.79 Å². The van der Waals surface area contributed by atoms with E-state index in [1.807, 2.05) is 62.6 Å². The fourth-order valence-electron chi connectivity index (χ4n) is 3.59. The molecule has 0 fully saturated rings. The molecule has 0 saturated carbocycles. The highest BCUT2D eigenvalue weighted by Crippen LogP contribution is 2.30. The third-order valence-corrected chi connectivity index (χ3v) is 6.88. The standard InChI is InChI=1S/C23H20N6OS2/c1-13-17(14(2)29-22(24-13)27-23(28-29)31-3)12-20(30)25-16-10-8-15(9-11-16)21-26-18-6-4-5-7-19(18)32-21/h4-11H,12H2,1-3H3,(H,25,30). The highest BCUT2D eigenvalue weighted by molar-refractivity contribution is 7.98. The van der Waals surface area contributed by atoms with Gasteiger partial charge in [-0.25, -0.2) is 14.5 Å². The van der Waals surface area contributed by atoms with Gasteiger partial charge in [-0.1, -0.05) is 23.9 Å². The number of para-hydroxylation sites is 1. The van der Waals surface area contributed by atoms with Crippen LogP contribution in [-0.4, -0.2) is 36.7 Å². The molecule has 0 aliphatic rings. The number of hydrogen-bond donors (Lipinski definition) is 1. The summed E-state index contributed by atoms with van der Waals surface area (Å²) >= 11 is 3.12. The fourth-order valence-corrected chi connectivity index (χ4v) is 4.90. The van der Waals surface area contributed by atoms with Gasteiger partial charge in [-0.3, -0.25) is 4.79 Å². The Balaban J connectivity index is 1.33. The quantitative estimate of drug-likeness (QED) is 0.375. The van der Waals surface area contributed by atoms with Crippen LogP contribution in [0.25, 0.3) is 26.6 Å². The van der Waals surface area contributed by atoms with Crippen LogP contribution in [0, 0.1) is 13.8 Å². The molecule has 32 heavy (non-hydrogen) atoms. The summed E-state index contributed by atoms with van der Waals surface area (Å²) in [5.41, 5.74) is 5.30. The topological polar surface area (TPSA) is 85.1 Å². The van der Waals surface area contributed by atoms with Crippen LogP contribution in [-0.2, 0) is 11.2 Å². The zero-order chi connectivity index (χ0) is 22.2. The molecule has 9 heteroatoms. The second-order valence-electron chi connectivity index (χ2n) is 7.36. The third-order valence-electron chi connectivity index (χ3n) is 5.26. The normalized spacial score (nSPS) is 11.3. The molecule has 1 amide bonds. The summed E-state index contributed by atoms with van der Waals surface area (Å²) in [7, 11) is 0. The highest BCUT2D eigenvalue weighted by atomic mass is 32.2. The SMILES string of the molecule is CSc1nc2nc(C)c(CC(=O)Nc3ccc(-c4nc5ccccc5s4)cc3)c(C)n2n1. The van der Waals surface area contributed by atoms with Gasteiger partial charge in [0.05, 0.1) is 16.6 Å². The molecule has 0 bridgehead atoms. The van der Waals surface area contributed by atoms with E-state index < -0.39 is 0 Å². The predicted molar refractivity (Wildman–Crippen MR) is 129 cm³/mol. The summed E-state index contributed by atoms with van der Waals surface area (Å²) in [4.78, 5) is 26.4. The van der Waals surface area contributed by atoms with E-state index in [-0.39, 0.29) is 12.3 Å². The van der Waals surface area contributed by atoms with Gasteiger partial charge in [-0.05, 0) is 56.5 Å². The molecular weight excluding hydrogens is 440 g/mol. The minimum Gasteiger partial charge on any atom is -0.326 e. The molecule has 3 heterocycles. The van der Waals surface area contributed by atoms with Crippen LogP contribution in [0.15, 0.2) is 53.7 Å². The molecule has 2 aromatic carbocycles. The first-order valence-electron chi connectivity index (χ1n) is 10.0. The van der Waals surface area contributed by atoms with Crippen LogP contribution < -0.4 is 5.32 Å². The maximum absolute atomic E-state index is 12.8. The summed E-state index contributed by atoms with van der Waals surface area (Å²) in [6.07, 6.45) is 2.14. The van der Waals surface area contributed by atoms with E-state index in [0.717, 1.165) is 43.4 Å². The van der Waals surface area contributed by atoms with E-state index >= 15 is 0 Å². The maximum Gasteiger partial charge on any atom is 0.253 e. The number of amides is 1. The third kappa shape index (κ3) is 3.85. The number of fused-ring (bicyclic) bond motifs is 2. The first-order valence-corrected chi connectivity index (χ1v) is 12.1. The van der Waals surface area contributed by atoms with Gasteiger partial charge in [0.2, 0.25) is 11.1 Å². The second kappa shape index (κ2) is 8.33. The summed E-state index contributed by atoms with van der Waals surface area (Å²) in [6.45, 7) is 3.84. The predicted octanol–water partition coefficient (Wildman–Crippen LogP) is 4.92. The summed E-state index contributed by atoms with van der Waals surface area (Å²) in [5, 5.41) is 9.06. The summed E-state index contributed by atoms with van der Waals surface area (Å²) in [6, 6.07) is 15.9. The van der Waals surface area contributed by atoms with Crippen molar-refractivity contribution in [3.05, 3.63) is 65.5 Å². The molecule has 5 rings (SSSR count). The lowest BCUT2D eigenvalue weighted by atomic mass is 10.1. The first kappa shape index (κ1) is 20.6. The van der Waals surface area contributed by atoms with Crippen LogP contribution >= 0.6 is 23.1 Å². The highest BCUT2D eigenvalue weighted by Gasteiger charge is 2.16. The van der Waals surface area contributed by atoms with E-state index in [4.69, 9.17) is 4.98 Å². The van der Waals surface area contributed by atoms with Gasteiger partial charge in [0.25, 0.3) is 5.78 Å². The first-order chi connectivity index (χ1) is 15.5. The lowest BCUT2D eigenvalue weighted by Crippen LogP contribution is -2.17. The molecule has 0 radical (unpaired) electrons. The molecule has 0 atom stereocenters. The van der Waals surface area contributed by atoms with Crippen LogP contribution in [0.3, 0.4) is 0 Å². The van der Waals surface area contributed by atoms with Crippen molar-refractivity contribution in [3.63, 3.8) is 0 Å². The Bertz CT molecular complexity index is 1420. The zero-order valence-electron chi connectivity index (χ0n) is 17.8. The summed E-state index contributed by atoms with van der Waals surface area (Å²) < 4.78 is 2.86. The van der Waals surface area contributed by atoms with Gasteiger partial charge in [0, 0.05) is 28.2 Å². The van der Waals surface area contributed by atoms with E-state index in [1.54, 1.807) is 15.9 Å². The van der Waals surface area contributed by atoms with Gasteiger partial charge in [-0.2, -0.15) is 4.98 Å². The van der Waals surface area contributed by atoms with Crippen LogP contribution in [0.2, 0.25) is 0 Å². The number of carbonyl (C=O) groups is 1. The number of nitrogens with one attached hydrogen (secondary N) is 1. The minimum absolute atomic E-state index is 0.102. The number of thiazole rings is 1. The Morgan fingerprint density at radius 1 is 1.06 bits per heavy atom. The van der Waals surface area contributed by atoms with Crippen molar-refractivity contribution in [2.45, 2.75) is 25.4 Å². The van der Waals surface area contributed by atoms with Crippen LogP contribution in [0.4, 0.5) is 5.69 Å². The van der Waals surface area contributed by atoms with E-state index in [2.05, 4.69) is 26.4 Å². The number of aryl methyl sites for hydroxylation is 2. The Labute approximate surface area is 192 Å². The van der Waals surface area contributed by atoms with Gasteiger partial charge < -0.3 is 5.32 Å². The van der Waals surface area contributed by atoms with Crippen molar-refractivity contribution in [3.8, 4) is 10.6 Å². The number of benzene rings is 2. The molecular formula is C23H20N6OS2. The van der Waals surface area contributed by atoms with Gasteiger partial charge >= 0.3 is 0 Å². The molecule has 0 aliphatic carbocycles. The zero-order valence-corrected chi connectivity index (χ0v) is 19.4. The summed E-state index contributed by atoms with van der Waals surface area (Å²) in [5.74, 6) is 0.453. The van der Waals surface area contributed by atoms with E-state index in [1.165, 1.54) is 11.8 Å². The largest absolute Gasteiger partial charge is 0.326 e. The molecule has 5 aromatic rings. The molecule has 0 saturated heterocycles. The lowest BCUT2D eigenvalue weighted by molar-refractivity contribution is -0.115. The fraction of sp³-hybridized carbons (Fsp3) is 0.174. The Kier molecular flexibility index (Phi) is 5.36. The molecule has 7 nitrogen and oxygen atoms in total. The molecule has 3 aromatic heterocycles. The Hall–Kier alpha value is -3.30. The van der Waals surface area contributed by atoms with Crippen LogP contribution in [0.5, 0.6) is 0 Å². The average Bonchev–Trinajstić information content (AvgIpc) is 3.41. The Morgan fingerprint density at radius 3 is 2.59 bits per heavy atom. The Morgan fingerprint density at radius 2 is 1.84 bits per heavy atom. The maximum atomic E-state index is 12.8. The second-order valence-corrected chi connectivity index (χ2v) is 9.16. The molecule has 160 valence electrons. The smallest absolute Gasteiger partial charge is 0.253 e. The van der Waals surface area contributed by atoms with Gasteiger partial charge in [0.15, 0.2) is 0 Å². The molecule has 0 aliphatic heterocycles. The van der Waals surface area contributed by atoms with E-state index in [0.29, 0.717) is 10.9 Å². The molecule has 0 unspecified atom stereocenters. The number of aromatic nitrogens is 5. The molecule has 0 spiro atoms. The van der Waals surface area contributed by atoms with Crippen molar-refractivity contribution in [1.29, 1.82) is 0 Å². The monoisotopic (exact) mass is 460 g/mol. The lowest BCUT2D eigenvalue weighted by Gasteiger charge is -2.11. The number of anilines is 1. The number of rotatable bonds is 5. The van der Waals surface area contributed by atoms with Crippen molar-refractivity contribution in [2.75, 3.05) is 11.6 Å². The van der Waals surface area contributed by atoms with Gasteiger partial charge in [0.1, 0.15) is 5.01 Å². The van der Waals surface area contributed by atoms with Gasteiger partial charge in [-0.15, -0.1) is 16.4 Å². The number of thioether (sulfide) groups is 1. The number of nitrogens with zero attached hydrogens (tertiary/aromatic N) is 5. The average molecular weight is 461 g/mol. The van der Waals surface area contributed by atoms with Crippen molar-refractivity contribution in [2.24, 2.45) is 0 Å². The van der Waals surface area contributed by atoms with Crippen molar-refractivity contribution >= 4 is 50.7 Å².